The first-order chi connectivity index (χ1) is 16.8. The van der Waals surface area contributed by atoms with Crippen molar-refractivity contribution in [3.05, 3.63) is 59.0 Å². The molecule has 5 rings (SSSR count). The summed E-state index contributed by atoms with van der Waals surface area (Å²) in [5.41, 5.74) is 3.30. The second-order valence-corrected chi connectivity index (χ2v) is 9.97. The van der Waals surface area contributed by atoms with E-state index < -0.39 is 5.91 Å². The number of carbonyl (C=O) groups excluding carboxylic acids is 2. The van der Waals surface area contributed by atoms with Crippen molar-refractivity contribution in [3.63, 3.8) is 0 Å². The zero-order valence-corrected chi connectivity index (χ0v) is 20.6. The van der Waals surface area contributed by atoms with Crippen molar-refractivity contribution in [1.29, 1.82) is 0 Å². The van der Waals surface area contributed by atoms with Gasteiger partial charge >= 0.3 is 0 Å². The van der Waals surface area contributed by atoms with E-state index in [1.807, 2.05) is 30.3 Å². The number of hydrogen-bond donors (Lipinski definition) is 1. The molecule has 9 heteroatoms. The number of nitrogens with zero attached hydrogens (tertiary/aromatic N) is 4. The van der Waals surface area contributed by atoms with E-state index in [1.165, 1.54) is 12.4 Å². The molecule has 0 radical (unpaired) electrons. The largest absolute Gasteiger partial charge is 0.366 e. The van der Waals surface area contributed by atoms with E-state index in [0.29, 0.717) is 39.5 Å². The van der Waals surface area contributed by atoms with Crippen molar-refractivity contribution >= 4 is 45.6 Å². The van der Waals surface area contributed by atoms with E-state index in [0.717, 1.165) is 42.3 Å². The standard InChI is InChI=1S/C26H26FN5O2S/c1-4-32-15(2)12-31(13-16(32)3)22-8-6-18(11-20(22)27)24-19-9-17(5-7-21(19)28-14-29-24)10-23-25(33)30-26(34)35-23/h5-11,14-16H,4,12-13H2,1-3H3,(H,30,33,34)/t15-,16+. The predicted molar refractivity (Wildman–Crippen MR) is 138 cm³/mol. The number of imide groups is 1. The third-order valence-electron chi connectivity index (χ3n) is 6.63. The molecule has 2 aliphatic heterocycles. The number of amides is 2. The van der Waals surface area contributed by atoms with Gasteiger partial charge in [0, 0.05) is 36.1 Å². The molecule has 2 aromatic carbocycles. The van der Waals surface area contributed by atoms with E-state index in [4.69, 9.17) is 0 Å². The molecule has 2 aliphatic rings. The maximum atomic E-state index is 15.4. The molecule has 2 atom stereocenters. The molecule has 3 heterocycles. The molecule has 2 amide bonds. The minimum atomic E-state index is -0.411. The number of hydrogen-bond acceptors (Lipinski definition) is 7. The van der Waals surface area contributed by atoms with E-state index in [1.54, 1.807) is 6.08 Å². The van der Waals surface area contributed by atoms with Crippen molar-refractivity contribution in [3.8, 4) is 11.3 Å². The Kier molecular flexibility index (Phi) is 6.29. The Balaban J connectivity index is 1.48. The molecule has 7 nitrogen and oxygen atoms in total. The molecule has 0 saturated carbocycles. The van der Waals surface area contributed by atoms with E-state index in [2.05, 4.69) is 45.9 Å². The van der Waals surface area contributed by atoms with Gasteiger partial charge in [0.15, 0.2) is 0 Å². The lowest BCUT2D eigenvalue weighted by Gasteiger charge is -2.45. The molecular formula is C26H26FN5O2S. The van der Waals surface area contributed by atoms with Crippen LogP contribution in [0, 0.1) is 5.82 Å². The van der Waals surface area contributed by atoms with Crippen LogP contribution >= 0.6 is 11.8 Å². The summed E-state index contributed by atoms with van der Waals surface area (Å²) in [6, 6.07) is 11.4. The van der Waals surface area contributed by atoms with Crippen molar-refractivity contribution < 1.29 is 14.0 Å². The molecule has 0 spiro atoms. The summed E-state index contributed by atoms with van der Waals surface area (Å²) in [7, 11) is 0. The fraction of sp³-hybridized carbons (Fsp3) is 0.308. The van der Waals surface area contributed by atoms with Crippen molar-refractivity contribution in [1.82, 2.24) is 20.2 Å². The molecule has 35 heavy (non-hydrogen) atoms. The Morgan fingerprint density at radius 1 is 1.11 bits per heavy atom. The summed E-state index contributed by atoms with van der Waals surface area (Å²) in [6.45, 7) is 9.06. The van der Waals surface area contributed by atoms with Gasteiger partial charge in [-0.3, -0.25) is 19.8 Å². The number of thioether (sulfide) groups is 1. The summed E-state index contributed by atoms with van der Waals surface area (Å²) in [5.74, 6) is -0.694. The summed E-state index contributed by atoms with van der Waals surface area (Å²) in [5, 5.41) is 2.61. The Labute approximate surface area is 207 Å². The summed E-state index contributed by atoms with van der Waals surface area (Å²) >= 11 is 0.866. The van der Waals surface area contributed by atoms with Gasteiger partial charge in [-0.05, 0) is 68.1 Å². The van der Waals surface area contributed by atoms with Crippen LogP contribution in [0.3, 0.4) is 0 Å². The van der Waals surface area contributed by atoms with Crippen LogP contribution in [-0.4, -0.2) is 57.7 Å². The highest BCUT2D eigenvalue weighted by Gasteiger charge is 2.29. The van der Waals surface area contributed by atoms with Crippen LogP contribution in [0.5, 0.6) is 0 Å². The number of anilines is 1. The molecule has 2 saturated heterocycles. The minimum Gasteiger partial charge on any atom is -0.366 e. The molecule has 0 aliphatic carbocycles. The van der Waals surface area contributed by atoms with Gasteiger partial charge in [0.1, 0.15) is 12.1 Å². The van der Waals surface area contributed by atoms with Crippen molar-refractivity contribution in [2.75, 3.05) is 24.5 Å². The number of piperazine rings is 1. The number of rotatable bonds is 4. The maximum absolute atomic E-state index is 15.4. The van der Waals surface area contributed by atoms with Crippen LogP contribution in [0.25, 0.3) is 28.2 Å². The number of fused-ring (bicyclic) bond motifs is 1. The number of aromatic nitrogens is 2. The number of halogens is 1. The first-order valence-corrected chi connectivity index (χ1v) is 12.5. The normalized spacial score (nSPS) is 22.3. The van der Waals surface area contributed by atoms with Crippen LogP contribution < -0.4 is 10.2 Å². The smallest absolute Gasteiger partial charge is 0.290 e. The highest BCUT2D eigenvalue weighted by molar-refractivity contribution is 8.18. The first kappa shape index (κ1) is 23.4. The average molecular weight is 492 g/mol. The van der Waals surface area contributed by atoms with E-state index >= 15 is 4.39 Å². The number of carbonyl (C=O) groups is 2. The Morgan fingerprint density at radius 3 is 2.54 bits per heavy atom. The van der Waals surface area contributed by atoms with Crippen LogP contribution in [-0.2, 0) is 4.79 Å². The van der Waals surface area contributed by atoms with Gasteiger partial charge in [-0.1, -0.05) is 19.1 Å². The third-order valence-corrected chi connectivity index (χ3v) is 7.44. The Hall–Kier alpha value is -3.30. The van der Waals surface area contributed by atoms with E-state index in [-0.39, 0.29) is 11.1 Å². The van der Waals surface area contributed by atoms with Gasteiger partial charge in [0.05, 0.1) is 21.8 Å². The average Bonchev–Trinajstić information content (AvgIpc) is 3.14. The molecule has 0 bridgehead atoms. The molecule has 2 fully saturated rings. The molecule has 1 N–H and O–H groups in total. The quantitative estimate of drug-likeness (QED) is 0.531. The molecular weight excluding hydrogens is 465 g/mol. The fourth-order valence-electron chi connectivity index (χ4n) is 5.05. The highest BCUT2D eigenvalue weighted by atomic mass is 32.2. The van der Waals surface area contributed by atoms with Crippen LogP contribution in [0.2, 0.25) is 0 Å². The summed E-state index contributed by atoms with van der Waals surface area (Å²) in [6.07, 6.45) is 3.12. The number of benzene rings is 2. The molecule has 3 aromatic rings. The zero-order chi connectivity index (χ0) is 24.7. The van der Waals surface area contributed by atoms with Crippen LogP contribution in [0.1, 0.15) is 26.3 Å². The minimum absolute atomic E-state index is 0.283. The molecule has 180 valence electrons. The van der Waals surface area contributed by atoms with Gasteiger partial charge in [-0.25, -0.2) is 14.4 Å². The Bertz CT molecular complexity index is 1350. The lowest BCUT2D eigenvalue weighted by Crippen LogP contribution is -2.56. The monoisotopic (exact) mass is 491 g/mol. The van der Waals surface area contributed by atoms with Crippen molar-refractivity contribution in [2.24, 2.45) is 0 Å². The topological polar surface area (TPSA) is 78.4 Å². The SMILES string of the molecule is CCN1[C@H](C)CN(c2ccc(-c3ncnc4ccc(C=C5SC(=O)NC5=O)cc34)cc2F)C[C@@H]1C. The maximum Gasteiger partial charge on any atom is 0.290 e. The summed E-state index contributed by atoms with van der Waals surface area (Å²) in [4.78, 5) is 37.1. The number of nitrogens with one attached hydrogen (secondary N) is 1. The number of likely N-dealkylation sites (N-methyl/N-ethyl adjacent to an activating group) is 1. The predicted octanol–water partition coefficient (Wildman–Crippen LogP) is 4.68. The zero-order valence-electron chi connectivity index (χ0n) is 19.8. The van der Waals surface area contributed by atoms with Gasteiger partial charge in [-0.15, -0.1) is 0 Å². The Morgan fingerprint density at radius 2 is 1.89 bits per heavy atom. The van der Waals surface area contributed by atoms with Crippen LogP contribution in [0.15, 0.2) is 47.6 Å². The van der Waals surface area contributed by atoms with Gasteiger partial charge in [0.2, 0.25) is 0 Å². The molecule has 0 unspecified atom stereocenters. The van der Waals surface area contributed by atoms with Crippen molar-refractivity contribution in [2.45, 2.75) is 32.9 Å². The van der Waals surface area contributed by atoms with Crippen LogP contribution in [0.4, 0.5) is 14.9 Å². The lowest BCUT2D eigenvalue weighted by atomic mass is 10.0. The van der Waals surface area contributed by atoms with Gasteiger partial charge in [-0.2, -0.15) is 0 Å². The second-order valence-electron chi connectivity index (χ2n) is 8.95. The second kappa shape index (κ2) is 9.39. The first-order valence-electron chi connectivity index (χ1n) is 11.6. The van der Waals surface area contributed by atoms with E-state index in [9.17, 15) is 9.59 Å². The van der Waals surface area contributed by atoms with Gasteiger partial charge < -0.3 is 4.90 Å². The molecule has 1 aromatic heterocycles. The van der Waals surface area contributed by atoms with Gasteiger partial charge in [0.25, 0.3) is 11.1 Å². The fourth-order valence-corrected chi connectivity index (χ4v) is 5.74. The summed E-state index contributed by atoms with van der Waals surface area (Å²) < 4.78 is 15.4. The third kappa shape index (κ3) is 4.53. The lowest BCUT2D eigenvalue weighted by molar-refractivity contribution is -0.115. The highest BCUT2D eigenvalue weighted by Crippen LogP contribution is 2.32.